The van der Waals surface area contributed by atoms with E-state index in [0.29, 0.717) is 13.2 Å². The second-order valence-corrected chi connectivity index (χ2v) is 3.78. The quantitative estimate of drug-likeness (QED) is 0.398. The monoisotopic (exact) mass is 245 g/mol. The standard InChI is InChI=1S/C12H27N3O2/c1-4-13-7-8-14-9-10-15(5-2)11-12(16)17-6-3/h13-14H,4-11H2,1-3H3. The fraction of sp³-hybridized carbons (Fsp3) is 0.917. The van der Waals surface area contributed by atoms with Gasteiger partial charge in [-0.2, -0.15) is 0 Å². The maximum absolute atomic E-state index is 11.3. The summed E-state index contributed by atoms with van der Waals surface area (Å²) in [5.41, 5.74) is 0. The molecule has 0 amide bonds. The highest BCUT2D eigenvalue weighted by Gasteiger charge is 2.08. The third-order valence-corrected chi connectivity index (χ3v) is 2.44. The molecule has 0 aliphatic carbocycles. The van der Waals surface area contributed by atoms with E-state index in [1.807, 2.05) is 6.92 Å². The summed E-state index contributed by atoms with van der Waals surface area (Å²) in [6, 6.07) is 0. The number of carbonyl (C=O) groups excluding carboxylic acids is 1. The molecule has 5 nitrogen and oxygen atoms in total. The summed E-state index contributed by atoms with van der Waals surface area (Å²) >= 11 is 0. The van der Waals surface area contributed by atoms with Crippen molar-refractivity contribution >= 4 is 5.97 Å². The molecular formula is C12H27N3O2. The average molecular weight is 245 g/mol. The van der Waals surface area contributed by atoms with Gasteiger partial charge >= 0.3 is 5.97 Å². The van der Waals surface area contributed by atoms with Crippen LogP contribution in [-0.2, 0) is 9.53 Å². The number of nitrogens with one attached hydrogen (secondary N) is 2. The number of nitrogens with zero attached hydrogens (tertiary/aromatic N) is 1. The molecule has 0 spiro atoms. The van der Waals surface area contributed by atoms with E-state index >= 15 is 0 Å². The van der Waals surface area contributed by atoms with Gasteiger partial charge in [0.15, 0.2) is 0 Å². The molecule has 0 atom stereocenters. The number of esters is 1. The van der Waals surface area contributed by atoms with Crippen molar-refractivity contribution in [2.75, 3.05) is 52.4 Å². The minimum Gasteiger partial charge on any atom is -0.465 e. The van der Waals surface area contributed by atoms with Crippen LogP contribution in [0.15, 0.2) is 0 Å². The lowest BCUT2D eigenvalue weighted by molar-refractivity contribution is -0.144. The number of likely N-dealkylation sites (N-methyl/N-ethyl adjacent to an activating group) is 2. The van der Waals surface area contributed by atoms with Gasteiger partial charge in [0.1, 0.15) is 0 Å². The third kappa shape index (κ3) is 10.2. The van der Waals surface area contributed by atoms with Crippen molar-refractivity contribution in [2.24, 2.45) is 0 Å². The predicted molar refractivity (Wildman–Crippen MR) is 70.2 cm³/mol. The van der Waals surface area contributed by atoms with Crippen molar-refractivity contribution in [3.8, 4) is 0 Å². The molecule has 0 saturated heterocycles. The highest BCUT2D eigenvalue weighted by atomic mass is 16.5. The Labute approximate surface area is 105 Å². The molecule has 0 radical (unpaired) electrons. The lowest BCUT2D eigenvalue weighted by Gasteiger charge is -2.19. The number of hydrogen-bond acceptors (Lipinski definition) is 5. The second kappa shape index (κ2) is 11.8. The van der Waals surface area contributed by atoms with Crippen LogP contribution in [0.1, 0.15) is 20.8 Å². The Bertz CT molecular complexity index is 189. The van der Waals surface area contributed by atoms with Gasteiger partial charge < -0.3 is 15.4 Å². The van der Waals surface area contributed by atoms with E-state index in [4.69, 9.17) is 4.74 Å². The first-order valence-electron chi connectivity index (χ1n) is 6.53. The van der Waals surface area contributed by atoms with Gasteiger partial charge in [-0.25, -0.2) is 0 Å². The first kappa shape index (κ1) is 16.4. The number of carbonyl (C=O) groups is 1. The van der Waals surface area contributed by atoms with Crippen LogP contribution in [0.5, 0.6) is 0 Å². The number of hydrogen-bond donors (Lipinski definition) is 2. The van der Waals surface area contributed by atoms with Crippen molar-refractivity contribution in [2.45, 2.75) is 20.8 Å². The molecule has 0 aliphatic heterocycles. The lowest BCUT2D eigenvalue weighted by Crippen LogP contribution is -2.38. The summed E-state index contributed by atoms with van der Waals surface area (Å²) in [6.07, 6.45) is 0. The second-order valence-electron chi connectivity index (χ2n) is 3.78. The Hall–Kier alpha value is -0.650. The van der Waals surface area contributed by atoms with Gasteiger partial charge in [-0.05, 0) is 20.0 Å². The molecule has 0 aliphatic rings. The molecule has 0 heterocycles. The van der Waals surface area contributed by atoms with Gasteiger partial charge in [-0.15, -0.1) is 0 Å². The Morgan fingerprint density at radius 2 is 1.82 bits per heavy atom. The molecule has 102 valence electrons. The first-order valence-corrected chi connectivity index (χ1v) is 6.53. The van der Waals surface area contributed by atoms with Crippen LogP contribution in [0.25, 0.3) is 0 Å². The number of ether oxygens (including phenoxy) is 1. The Morgan fingerprint density at radius 3 is 2.41 bits per heavy atom. The van der Waals surface area contributed by atoms with E-state index < -0.39 is 0 Å². The minimum atomic E-state index is -0.137. The summed E-state index contributed by atoms with van der Waals surface area (Å²) in [5.74, 6) is -0.137. The molecule has 2 N–H and O–H groups in total. The predicted octanol–water partition coefficient (Wildman–Crippen LogP) is 0.0705. The van der Waals surface area contributed by atoms with Crippen LogP contribution < -0.4 is 10.6 Å². The van der Waals surface area contributed by atoms with E-state index in [2.05, 4.69) is 29.4 Å². The first-order chi connectivity index (χ1) is 8.24. The van der Waals surface area contributed by atoms with E-state index in [9.17, 15) is 4.79 Å². The van der Waals surface area contributed by atoms with Crippen LogP contribution in [0, 0.1) is 0 Å². The normalized spacial score (nSPS) is 10.8. The highest BCUT2D eigenvalue weighted by molar-refractivity contribution is 5.71. The molecule has 0 rings (SSSR count). The average Bonchev–Trinajstić information content (AvgIpc) is 2.32. The van der Waals surface area contributed by atoms with Gasteiger partial charge in [0.05, 0.1) is 13.2 Å². The summed E-state index contributed by atoms with van der Waals surface area (Å²) in [5, 5.41) is 6.58. The molecule has 0 aromatic rings. The smallest absolute Gasteiger partial charge is 0.320 e. The van der Waals surface area contributed by atoms with Gasteiger partial charge in [-0.1, -0.05) is 13.8 Å². The van der Waals surface area contributed by atoms with Crippen LogP contribution >= 0.6 is 0 Å². The van der Waals surface area contributed by atoms with Gasteiger partial charge in [0.25, 0.3) is 0 Å². The van der Waals surface area contributed by atoms with Gasteiger partial charge in [-0.3, -0.25) is 9.69 Å². The zero-order valence-corrected chi connectivity index (χ0v) is 11.4. The van der Waals surface area contributed by atoms with Crippen LogP contribution in [-0.4, -0.2) is 63.3 Å². The summed E-state index contributed by atoms with van der Waals surface area (Å²) < 4.78 is 4.92. The van der Waals surface area contributed by atoms with Crippen LogP contribution in [0.2, 0.25) is 0 Å². The minimum absolute atomic E-state index is 0.137. The molecule has 0 aromatic carbocycles. The molecule has 0 unspecified atom stereocenters. The third-order valence-electron chi connectivity index (χ3n) is 2.44. The molecule has 0 fully saturated rings. The zero-order valence-electron chi connectivity index (χ0n) is 11.4. The molecule has 0 bridgehead atoms. The van der Waals surface area contributed by atoms with Crippen molar-refractivity contribution < 1.29 is 9.53 Å². The lowest BCUT2D eigenvalue weighted by atomic mass is 10.4. The highest BCUT2D eigenvalue weighted by Crippen LogP contribution is 1.89. The Balaban J connectivity index is 3.50. The van der Waals surface area contributed by atoms with Crippen molar-refractivity contribution in [3.05, 3.63) is 0 Å². The maximum Gasteiger partial charge on any atom is 0.320 e. The maximum atomic E-state index is 11.3. The van der Waals surface area contributed by atoms with Gasteiger partial charge in [0.2, 0.25) is 0 Å². The fourth-order valence-corrected chi connectivity index (χ4v) is 1.45. The summed E-state index contributed by atoms with van der Waals surface area (Å²) in [6.45, 7) is 12.4. The van der Waals surface area contributed by atoms with Crippen LogP contribution in [0.4, 0.5) is 0 Å². The van der Waals surface area contributed by atoms with E-state index in [1.54, 1.807) is 0 Å². The van der Waals surface area contributed by atoms with Crippen molar-refractivity contribution in [1.29, 1.82) is 0 Å². The van der Waals surface area contributed by atoms with E-state index in [-0.39, 0.29) is 5.97 Å². The Morgan fingerprint density at radius 1 is 1.12 bits per heavy atom. The number of rotatable bonds is 11. The van der Waals surface area contributed by atoms with Crippen molar-refractivity contribution in [3.63, 3.8) is 0 Å². The topological polar surface area (TPSA) is 53.6 Å². The Kier molecular flexibility index (Phi) is 11.4. The molecular weight excluding hydrogens is 218 g/mol. The van der Waals surface area contributed by atoms with Gasteiger partial charge in [0, 0.05) is 26.2 Å². The summed E-state index contributed by atoms with van der Waals surface area (Å²) in [7, 11) is 0. The molecule has 5 heteroatoms. The van der Waals surface area contributed by atoms with E-state index in [0.717, 1.165) is 39.3 Å². The molecule has 17 heavy (non-hydrogen) atoms. The van der Waals surface area contributed by atoms with Crippen LogP contribution in [0.3, 0.4) is 0 Å². The summed E-state index contributed by atoms with van der Waals surface area (Å²) in [4.78, 5) is 13.4. The fourth-order valence-electron chi connectivity index (χ4n) is 1.45. The largest absolute Gasteiger partial charge is 0.465 e. The zero-order chi connectivity index (χ0) is 12.9. The van der Waals surface area contributed by atoms with Crippen molar-refractivity contribution in [1.82, 2.24) is 15.5 Å². The van der Waals surface area contributed by atoms with E-state index in [1.165, 1.54) is 0 Å². The SMILES string of the molecule is CCNCCNCCN(CC)CC(=O)OCC. The molecule has 0 aromatic heterocycles. The molecule has 0 saturated carbocycles.